The van der Waals surface area contributed by atoms with Crippen molar-refractivity contribution < 1.29 is 19.1 Å². The molecule has 0 aliphatic heterocycles. The first-order valence-electron chi connectivity index (χ1n) is 6.95. The maximum absolute atomic E-state index is 12.0. The van der Waals surface area contributed by atoms with Crippen molar-refractivity contribution in [3.05, 3.63) is 17.2 Å². The number of carbonyl (C=O) groups is 2. The smallest absolute Gasteiger partial charge is 0.240 e. The van der Waals surface area contributed by atoms with Crippen molar-refractivity contribution in [2.24, 2.45) is 0 Å². The summed E-state index contributed by atoms with van der Waals surface area (Å²) in [6.07, 6.45) is 1.98. The lowest BCUT2D eigenvalue weighted by molar-refractivity contribution is -0.123. The average Bonchev–Trinajstić information content (AvgIpc) is 3.28. The number of nitrogens with zero attached hydrogens (tertiary/aromatic N) is 1. The van der Waals surface area contributed by atoms with Crippen LogP contribution in [-0.4, -0.2) is 38.6 Å². The van der Waals surface area contributed by atoms with Gasteiger partial charge in [0.15, 0.2) is 0 Å². The fourth-order valence-electron chi connectivity index (χ4n) is 2.07. The van der Waals surface area contributed by atoms with E-state index in [0.29, 0.717) is 22.2 Å². The van der Waals surface area contributed by atoms with Crippen LogP contribution in [0.25, 0.3) is 0 Å². The number of methoxy groups -OCH3 is 2. The summed E-state index contributed by atoms with van der Waals surface area (Å²) in [5.74, 6) is 0.342. The van der Waals surface area contributed by atoms with Gasteiger partial charge in [-0.2, -0.15) is 0 Å². The Hall–Kier alpha value is -1.95. The first kappa shape index (κ1) is 16.4. The highest BCUT2D eigenvalue weighted by atomic mass is 35.5. The van der Waals surface area contributed by atoms with E-state index >= 15 is 0 Å². The quantitative estimate of drug-likeness (QED) is 0.868. The Morgan fingerprint density at radius 3 is 2.41 bits per heavy atom. The summed E-state index contributed by atoms with van der Waals surface area (Å²) in [6, 6.07) is 3.39. The maximum atomic E-state index is 12.0. The summed E-state index contributed by atoms with van der Waals surface area (Å²) in [4.78, 5) is 25.3. The molecule has 2 amide bonds. The first-order valence-corrected chi connectivity index (χ1v) is 7.33. The average molecular weight is 327 g/mol. The Kier molecular flexibility index (Phi) is 5.13. The molecule has 0 heterocycles. The summed E-state index contributed by atoms with van der Waals surface area (Å²) >= 11 is 6.06. The fourth-order valence-corrected chi connectivity index (χ4v) is 2.30. The number of nitrogens with one attached hydrogen (secondary N) is 1. The van der Waals surface area contributed by atoms with Gasteiger partial charge in [0.2, 0.25) is 11.8 Å². The van der Waals surface area contributed by atoms with Crippen molar-refractivity contribution in [2.45, 2.75) is 25.8 Å². The standard InChI is InChI=1S/C15H19ClN2O4/c1-9(19)18(8-15(20)17-10-4-5-10)12-7-13(21-2)11(16)6-14(12)22-3/h6-7,10H,4-5,8H2,1-3H3,(H,17,20). The SMILES string of the molecule is COc1cc(N(CC(=O)NC2CC2)C(C)=O)c(OC)cc1Cl. The number of carbonyl (C=O) groups excluding carboxylic acids is 2. The lowest BCUT2D eigenvalue weighted by Crippen LogP contribution is -2.40. The Balaban J connectivity index is 2.29. The van der Waals surface area contributed by atoms with Crippen molar-refractivity contribution in [2.75, 3.05) is 25.7 Å². The van der Waals surface area contributed by atoms with Gasteiger partial charge in [-0.1, -0.05) is 11.6 Å². The fraction of sp³-hybridized carbons (Fsp3) is 0.467. The summed E-state index contributed by atoms with van der Waals surface area (Å²) in [6.45, 7) is 1.32. The van der Waals surface area contributed by atoms with E-state index in [1.807, 2.05) is 0 Å². The molecule has 1 N–H and O–H groups in total. The van der Waals surface area contributed by atoms with Crippen molar-refractivity contribution in [1.29, 1.82) is 0 Å². The van der Waals surface area contributed by atoms with E-state index in [2.05, 4.69) is 5.32 Å². The van der Waals surface area contributed by atoms with Crippen LogP contribution in [0.15, 0.2) is 12.1 Å². The number of amides is 2. The minimum atomic E-state index is -0.270. The third-order valence-electron chi connectivity index (χ3n) is 3.37. The van der Waals surface area contributed by atoms with Gasteiger partial charge in [0.1, 0.15) is 18.0 Å². The lowest BCUT2D eigenvalue weighted by atomic mass is 10.2. The molecule has 2 rings (SSSR count). The van der Waals surface area contributed by atoms with E-state index in [9.17, 15) is 9.59 Å². The molecular weight excluding hydrogens is 308 g/mol. The normalized spacial score (nSPS) is 13.5. The van der Waals surface area contributed by atoms with Crippen molar-refractivity contribution >= 4 is 29.1 Å². The van der Waals surface area contributed by atoms with Crippen LogP contribution in [-0.2, 0) is 9.59 Å². The molecule has 1 aromatic rings. The summed E-state index contributed by atoms with van der Waals surface area (Å²) in [5.41, 5.74) is 0.446. The molecule has 22 heavy (non-hydrogen) atoms. The van der Waals surface area contributed by atoms with E-state index < -0.39 is 0 Å². The van der Waals surface area contributed by atoms with Gasteiger partial charge in [0.05, 0.1) is 24.9 Å². The van der Waals surface area contributed by atoms with Gasteiger partial charge in [0, 0.05) is 25.1 Å². The second-order valence-electron chi connectivity index (χ2n) is 5.11. The highest BCUT2D eigenvalue weighted by molar-refractivity contribution is 6.32. The topological polar surface area (TPSA) is 67.9 Å². The summed E-state index contributed by atoms with van der Waals surface area (Å²) in [7, 11) is 2.96. The van der Waals surface area contributed by atoms with Gasteiger partial charge in [-0.25, -0.2) is 0 Å². The van der Waals surface area contributed by atoms with Crippen molar-refractivity contribution in [1.82, 2.24) is 5.32 Å². The van der Waals surface area contributed by atoms with E-state index in [-0.39, 0.29) is 24.4 Å². The van der Waals surface area contributed by atoms with E-state index in [1.165, 1.54) is 26.0 Å². The predicted octanol–water partition coefficient (Wildman–Crippen LogP) is 1.99. The molecule has 1 aliphatic rings. The van der Waals surface area contributed by atoms with Crippen LogP contribution in [0.4, 0.5) is 5.69 Å². The van der Waals surface area contributed by atoms with Crippen LogP contribution < -0.4 is 19.7 Å². The third-order valence-corrected chi connectivity index (χ3v) is 3.66. The molecule has 7 heteroatoms. The Labute approximate surface area is 134 Å². The number of anilines is 1. The van der Waals surface area contributed by atoms with Gasteiger partial charge in [0.25, 0.3) is 0 Å². The Morgan fingerprint density at radius 1 is 1.27 bits per heavy atom. The molecule has 1 aromatic carbocycles. The number of benzene rings is 1. The molecule has 0 spiro atoms. The highest BCUT2D eigenvalue weighted by Crippen LogP contribution is 2.38. The molecule has 0 atom stereocenters. The summed E-state index contributed by atoms with van der Waals surface area (Å²) in [5, 5.41) is 3.22. The zero-order chi connectivity index (χ0) is 16.3. The molecule has 0 aromatic heterocycles. The number of rotatable bonds is 6. The predicted molar refractivity (Wildman–Crippen MR) is 83.7 cm³/mol. The third kappa shape index (κ3) is 3.82. The largest absolute Gasteiger partial charge is 0.495 e. The van der Waals surface area contributed by atoms with Gasteiger partial charge in [-0.15, -0.1) is 0 Å². The lowest BCUT2D eigenvalue weighted by Gasteiger charge is -2.23. The molecule has 0 unspecified atom stereocenters. The number of hydrogen-bond acceptors (Lipinski definition) is 4. The molecule has 1 aliphatic carbocycles. The van der Waals surface area contributed by atoms with Crippen LogP contribution >= 0.6 is 11.6 Å². The van der Waals surface area contributed by atoms with Crippen LogP contribution in [0.3, 0.4) is 0 Å². The van der Waals surface area contributed by atoms with E-state index in [0.717, 1.165) is 12.8 Å². The zero-order valence-corrected chi connectivity index (χ0v) is 13.6. The van der Waals surface area contributed by atoms with Crippen LogP contribution in [0.5, 0.6) is 11.5 Å². The molecule has 0 radical (unpaired) electrons. The van der Waals surface area contributed by atoms with Gasteiger partial charge >= 0.3 is 0 Å². The highest BCUT2D eigenvalue weighted by Gasteiger charge is 2.26. The minimum Gasteiger partial charge on any atom is -0.495 e. The van der Waals surface area contributed by atoms with Gasteiger partial charge in [-0.05, 0) is 12.8 Å². The second-order valence-corrected chi connectivity index (χ2v) is 5.51. The first-order chi connectivity index (χ1) is 10.5. The summed E-state index contributed by atoms with van der Waals surface area (Å²) < 4.78 is 10.4. The Morgan fingerprint density at radius 2 is 1.91 bits per heavy atom. The minimum absolute atomic E-state index is 0.0764. The van der Waals surface area contributed by atoms with Gasteiger partial charge < -0.3 is 14.8 Å². The molecule has 0 bridgehead atoms. The number of hydrogen-bond donors (Lipinski definition) is 1. The van der Waals surface area contributed by atoms with E-state index in [4.69, 9.17) is 21.1 Å². The molecule has 1 fully saturated rings. The van der Waals surface area contributed by atoms with Gasteiger partial charge in [-0.3, -0.25) is 14.5 Å². The number of ether oxygens (including phenoxy) is 2. The molecule has 1 saturated carbocycles. The molecule has 6 nitrogen and oxygen atoms in total. The molecular formula is C15H19ClN2O4. The molecule has 0 saturated heterocycles. The Bertz CT molecular complexity index is 587. The maximum Gasteiger partial charge on any atom is 0.240 e. The van der Waals surface area contributed by atoms with Crippen molar-refractivity contribution in [3.8, 4) is 11.5 Å². The molecule has 120 valence electrons. The zero-order valence-electron chi connectivity index (χ0n) is 12.8. The van der Waals surface area contributed by atoms with Crippen LogP contribution in [0.1, 0.15) is 19.8 Å². The monoisotopic (exact) mass is 326 g/mol. The van der Waals surface area contributed by atoms with Crippen LogP contribution in [0.2, 0.25) is 5.02 Å². The second kappa shape index (κ2) is 6.87. The van der Waals surface area contributed by atoms with E-state index in [1.54, 1.807) is 12.1 Å². The van der Waals surface area contributed by atoms with Crippen molar-refractivity contribution in [3.63, 3.8) is 0 Å². The number of halogens is 1. The van der Waals surface area contributed by atoms with Crippen LogP contribution in [0, 0.1) is 0 Å².